The maximum absolute atomic E-state index is 11.8. The first-order chi connectivity index (χ1) is 16.7. The van der Waals surface area contributed by atoms with E-state index in [-0.39, 0.29) is 12.8 Å². The summed E-state index contributed by atoms with van der Waals surface area (Å²) in [5.74, 6) is -2.17. The standard InChI is InChI=1S/C24H35N3O7S/c1-12-11-23(30,10-6-9-15-27-13-7-4-5-8-14(13)35-15)24(31)22(32-12)33-21-19(29)16(25-2)18(28)17(26-3)20(21)34-24/h4-5,7-8,12,16-22,25-26,28-31H,6,9-11H2,1-3H3/t12-,16-,17+,18+,19+,20-,21-,22+,23+,24-/m1/s1. The van der Waals surface area contributed by atoms with Crippen molar-refractivity contribution in [1.82, 2.24) is 15.6 Å². The summed E-state index contributed by atoms with van der Waals surface area (Å²) in [7, 11) is 3.31. The van der Waals surface area contributed by atoms with E-state index in [1.807, 2.05) is 24.3 Å². The van der Waals surface area contributed by atoms with Crippen molar-refractivity contribution >= 4 is 21.6 Å². The lowest BCUT2D eigenvalue weighted by atomic mass is 9.76. The van der Waals surface area contributed by atoms with Crippen LogP contribution in [0.1, 0.15) is 31.2 Å². The third-order valence-electron chi connectivity index (χ3n) is 7.67. The van der Waals surface area contributed by atoms with Gasteiger partial charge in [-0.25, -0.2) is 4.98 Å². The van der Waals surface area contributed by atoms with Crippen LogP contribution >= 0.6 is 11.3 Å². The predicted molar refractivity (Wildman–Crippen MR) is 129 cm³/mol. The molecular formula is C24H35N3O7S. The monoisotopic (exact) mass is 509 g/mol. The van der Waals surface area contributed by atoms with Gasteiger partial charge in [0.25, 0.3) is 0 Å². The molecule has 2 aromatic rings. The van der Waals surface area contributed by atoms with Crippen LogP contribution < -0.4 is 10.6 Å². The highest BCUT2D eigenvalue weighted by Gasteiger charge is 2.68. The molecule has 1 saturated carbocycles. The van der Waals surface area contributed by atoms with Gasteiger partial charge < -0.3 is 45.3 Å². The van der Waals surface area contributed by atoms with Crippen LogP contribution in [0.4, 0.5) is 0 Å². The zero-order valence-electron chi connectivity index (χ0n) is 20.1. The van der Waals surface area contributed by atoms with Crippen LogP contribution in [0.3, 0.4) is 0 Å². The molecule has 3 fully saturated rings. The average Bonchev–Trinajstić information content (AvgIpc) is 3.23. The number of para-hydroxylation sites is 1. The molecule has 0 unspecified atom stereocenters. The van der Waals surface area contributed by atoms with E-state index in [1.54, 1.807) is 32.4 Å². The van der Waals surface area contributed by atoms with Gasteiger partial charge in [0, 0.05) is 6.42 Å². The number of nitrogens with one attached hydrogen (secondary N) is 2. The first kappa shape index (κ1) is 25.4. The smallest absolute Gasteiger partial charge is 0.248 e. The summed E-state index contributed by atoms with van der Waals surface area (Å²) < 4.78 is 19.2. The Morgan fingerprint density at radius 3 is 2.51 bits per heavy atom. The van der Waals surface area contributed by atoms with Crippen molar-refractivity contribution in [3.05, 3.63) is 29.3 Å². The molecule has 6 N–H and O–H groups in total. The van der Waals surface area contributed by atoms with Crippen molar-refractivity contribution in [3.8, 4) is 0 Å². The van der Waals surface area contributed by atoms with Crippen LogP contribution in [0.5, 0.6) is 0 Å². The number of benzene rings is 1. The Kier molecular flexibility index (Phi) is 6.94. The van der Waals surface area contributed by atoms with Gasteiger partial charge >= 0.3 is 0 Å². The second kappa shape index (κ2) is 9.56. The van der Waals surface area contributed by atoms with Gasteiger partial charge in [0.2, 0.25) is 12.1 Å². The summed E-state index contributed by atoms with van der Waals surface area (Å²) in [6.45, 7) is 1.81. The number of likely N-dealkylation sites (N-methyl/N-ethyl adjacent to an activating group) is 2. The second-order valence-corrected chi connectivity index (χ2v) is 11.0. The highest BCUT2D eigenvalue weighted by atomic mass is 32.1. The summed E-state index contributed by atoms with van der Waals surface area (Å²) >= 11 is 1.62. The SMILES string of the molecule is CN[C@@H]1[C@H](O)[C@H](NC)[C@H]2O[C@]3(O)[C@H](O[C@@H]2[C@H]1O)O[C@H](C)C[C@@]3(O)CCCc1nc2ccccc2s1. The van der Waals surface area contributed by atoms with Gasteiger partial charge in [-0.05, 0) is 52.4 Å². The molecule has 1 aliphatic carbocycles. The number of hydrogen-bond donors (Lipinski definition) is 6. The van der Waals surface area contributed by atoms with E-state index in [2.05, 4.69) is 15.6 Å². The molecule has 0 bridgehead atoms. The fourth-order valence-electron chi connectivity index (χ4n) is 5.87. The molecule has 35 heavy (non-hydrogen) atoms. The number of aromatic nitrogens is 1. The van der Waals surface area contributed by atoms with E-state index in [0.29, 0.717) is 12.8 Å². The summed E-state index contributed by atoms with van der Waals surface area (Å²) in [6.07, 6.45) is -4.02. The molecule has 194 valence electrons. The van der Waals surface area contributed by atoms with Gasteiger partial charge in [0.15, 0.2) is 0 Å². The number of ether oxygens (including phenoxy) is 3. The van der Waals surface area contributed by atoms with E-state index < -0.39 is 60.3 Å². The van der Waals surface area contributed by atoms with E-state index >= 15 is 0 Å². The average molecular weight is 510 g/mol. The molecular weight excluding hydrogens is 474 g/mol. The van der Waals surface area contributed by atoms with Gasteiger partial charge in [-0.2, -0.15) is 0 Å². The lowest BCUT2D eigenvalue weighted by molar-refractivity contribution is -0.483. The first-order valence-electron chi connectivity index (χ1n) is 12.2. The zero-order valence-corrected chi connectivity index (χ0v) is 20.9. The fraction of sp³-hybridized carbons (Fsp3) is 0.708. The summed E-state index contributed by atoms with van der Waals surface area (Å²) in [5.41, 5.74) is -0.711. The molecule has 1 aromatic carbocycles. The number of aryl methyl sites for hydroxylation is 1. The van der Waals surface area contributed by atoms with Crippen molar-refractivity contribution in [3.63, 3.8) is 0 Å². The van der Waals surface area contributed by atoms with Crippen molar-refractivity contribution in [2.75, 3.05) is 14.1 Å². The van der Waals surface area contributed by atoms with E-state index in [1.165, 1.54) is 0 Å². The molecule has 10 nitrogen and oxygen atoms in total. The molecule has 5 rings (SSSR count). The number of aliphatic hydroxyl groups excluding tert-OH is 2. The summed E-state index contributed by atoms with van der Waals surface area (Å²) in [5, 5.41) is 52.1. The number of rotatable bonds is 6. The summed E-state index contributed by atoms with van der Waals surface area (Å²) in [6, 6.07) is 6.62. The Hall–Kier alpha value is -1.25. The minimum Gasteiger partial charge on any atom is -0.390 e. The van der Waals surface area contributed by atoms with Crippen LogP contribution in [0.15, 0.2) is 24.3 Å². The van der Waals surface area contributed by atoms with Crippen LogP contribution in [0.2, 0.25) is 0 Å². The fourth-order valence-corrected chi connectivity index (χ4v) is 6.88. The normalized spacial score (nSPS) is 43.6. The van der Waals surface area contributed by atoms with Gasteiger partial charge in [-0.15, -0.1) is 11.3 Å². The van der Waals surface area contributed by atoms with Gasteiger partial charge in [-0.3, -0.25) is 0 Å². The summed E-state index contributed by atoms with van der Waals surface area (Å²) in [4.78, 5) is 4.66. The van der Waals surface area contributed by atoms with Crippen LogP contribution in [-0.2, 0) is 20.6 Å². The maximum Gasteiger partial charge on any atom is 0.248 e. The Balaban J connectivity index is 1.36. The second-order valence-electron chi connectivity index (χ2n) is 9.93. The number of thiazole rings is 1. The third kappa shape index (κ3) is 4.21. The highest BCUT2D eigenvalue weighted by Crippen LogP contribution is 2.48. The predicted octanol–water partition coefficient (Wildman–Crippen LogP) is -0.131. The molecule has 0 amide bonds. The van der Waals surface area contributed by atoms with Crippen LogP contribution in [-0.4, -0.2) is 99.8 Å². The van der Waals surface area contributed by atoms with Gasteiger partial charge in [0.1, 0.15) is 23.9 Å². The van der Waals surface area contributed by atoms with E-state index in [0.717, 1.165) is 15.2 Å². The van der Waals surface area contributed by atoms with Crippen LogP contribution in [0.25, 0.3) is 10.2 Å². The number of fused-ring (bicyclic) bond motifs is 3. The molecule has 10 atom stereocenters. The van der Waals surface area contributed by atoms with Crippen molar-refractivity contribution in [2.45, 2.75) is 92.9 Å². The zero-order chi connectivity index (χ0) is 25.0. The Labute approximate surface area is 208 Å². The third-order valence-corrected chi connectivity index (χ3v) is 8.76. The minimum atomic E-state index is -2.17. The van der Waals surface area contributed by atoms with Crippen LogP contribution in [0, 0.1) is 0 Å². The first-order valence-corrected chi connectivity index (χ1v) is 13.0. The lowest BCUT2D eigenvalue weighted by Crippen LogP contribution is -2.80. The topological polar surface area (TPSA) is 146 Å². The molecule has 1 aromatic heterocycles. The lowest BCUT2D eigenvalue weighted by Gasteiger charge is -2.60. The van der Waals surface area contributed by atoms with Gasteiger partial charge in [-0.1, -0.05) is 12.1 Å². The molecule has 2 saturated heterocycles. The largest absolute Gasteiger partial charge is 0.390 e. The van der Waals surface area contributed by atoms with Crippen molar-refractivity contribution < 1.29 is 34.6 Å². The van der Waals surface area contributed by atoms with Crippen molar-refractivity contribution in [1.29, 1.82) is 0 Å². The molecule has 2 aliphatic heterocycles. The molecule has 11 heteroatoms. The molecule has 3 aliphatic rings. The van der Waals surface area contributed by atoms with Crippen molar-refractivity contribution in [2.24, 2.45) is 0 Å². The Morgan fingerprint density at radius 2 is 1.80 bits per heavy atom. The minimum absolute atomic E-state index is 0.148. The molecule has 0 radical (unpaired) electrons. The maximum atomic E-state index is 11.8. The number of aliphatic hydroxyl groups is 4. The van der Waals surface area contributed by atoms with E-state index in [9.17, 15) is 20.4 Å². The Bertz CT molecular complexity index is 1010. The molecule has 0 spiro atoms. The Morgan fingerprint density at radius 1 is 1.06 bits per heavy atom. The van der Waals surface area contributed by atoms with Gasteiger partial charge in [0.05, 0.1) is 39.5 Å². The highest BCUT2D eigenvalue weighted by molar-refractivity contribution is 7.18. The number of hydrogen-bond acceptors (Lipinski definition) is 11. The van der Waals surface area contributed by atoms with E-state index in [4.69, 9.17) is 14.2 Å². The molecule has 3 heterocycles. The quantitative estimate of drug-likeness (QED) is 0.311. The number of nitrogens with zero attached hydrogens (tertiary/aromatic N) is 1.